The van der Waals surface area contributed by atoms with E-state index in [9.17, 15) is 14.3 Å². The second-order valence-corrected chi connectivity index (χ2v) is 5.32. The fourth-order valence-corrected chi connectivity index (χ4v) is 2.79. The van der Waals surface area contributed by atoms with Crippen LogP contribution in [0.1, 0.15) is 10.4 Å². The number of halogens is 2. The van der Waals surface area contributed by atoms with Crippen LogP contribution in [0.5, 0.6) is 0 Å². The van der Waals surface area contributed by atoms with Gasteiger partial charge < -0.3 is 5.11 Å². The van der Waals surface area contributed by atoms with E-state index in [1.165, 1.54) is 30.3 Å². The molecule has 0 amide bonds. The van der Waals surface area contributed by atoms with Gasteiger partial charge in [-0.3, -0.25) is 0 Å². The maximum Gasteiger partial charge on any atom is 0.335 e. The number of hydrogen-bond acceptors (Lipinski definition) is 1. The lowest BCUT2D eigenvalue weighted by atomic mass is 9.94. The third-order valence-corrected chi connectivity index (χ3v) is 3.89. The van der Waals surface area contributed by atoms with E-state index in [0.717, 1.165) is 0 Å². The van der Waals surface area contributed by atoms with Gasteiger partial charge in [-0.25, -0.2) is 14.0 Å². The Morgan fingerprint density at radius 1 is 1.13 bits per heavy atom. The summed E-state index contributed by atoms with van der Waals surface area (Å²) in [5, 5.41) is 10.5. The molecule has 0 aliphatic carbocycles. The molecule has 0 spiro atoms. The first-order valence-electron chi connectivity index (χ1n) is 6.65. The van der Waals surface area contributed by atoms with E-state index in [1.807, 2.05) is 0 Å². The van der Waals surface area contributed by atoms with Crippen LogP contribution in [0, 0.1) is 12.4 Å². The highest BCUT2D eigenvalue weighted by Gasteiger charge is 2.18. The van der Waals surface area contributed by atoms with Crippen molar-refractivity contribution in [2.24, 2.45) is 0 Å². The normalized spacial score (nSPS) is 10.5. The molecule has 0 aliphatic rings. The van der Waals surface area contributed by atoms with Gasteiger partial charge in [-0.1, -0.05) is 35.9 Å². The summed E-state index contributed by atoms with van der Waals surface area (Å²) in [7, 11) is 0. The fourth-order valence-electron chi connectivity index (χ4n) is 2.53. The van der Waals surface area contributed by atoms with E-state index >= 15 is 0 Å². The lowest BCUT2D eigenvalue weighted by Gasteiger charge is -2.12. The minimum Gasteiger partial charge on any atom is -0.478 e. The van der Waals surface area contributed by atoms with Crippen LogP contribution in [0.2, 0.25) is 5.02 Å². The molecule has 112 valence electrons. The molecule has 23 heavy (non-hydrogen) atoms. The molecule has 3 rings (SSSR count). The van der Waals surface area contributed by atoms with Crippen molar-refractivity contribution >= 4 is 34.0 Å². The van der Waals surface area contributed by atoms with E-state index < -0.39 is 11.8 Å². The fraction of sp³-hybridized carbons (Fsp3) is 0. The van der Waals surface area contributed by atoms with Crippen molar-refractivity contribution in [3.05, 3.63) is 76.4 Å². The van der Waals surface area contributed by atoms with Crippen molar-refractivity contribution in [3.8, 4) is 11.1 Å². The molecule has 3 nitrogen and oxygen atoms in total. The number of aromatic carboxylic acids is 1. The Morgan fingerprint density at radius 2 is 1.87 bits per heavy atom. The molecule has 3 aromatic carbocycles. The van der Waals surface area contributed by atoms with Gasteiger partial charge in [0.2, 0.25) is 0 Å². The Labute approximate surface area is 136 Å². The van der Waals surface area contributed by atoms with E-state index in [1.54, 1.807) is 18.2 Å². The molecule has 3 aromatic rings. The Balaban J connectivity index is 2.49. The second kappa shape index (κ2) is 5.71. The lowest BCUT2D eigenvalue weighted by molar-refractivity contribution is 0.0697. The number of carbonyl (C=O) groups is 1. The van der Waals surface area contributed by atoms with Crippen molar-refractivity contribution in [2.75, 3.05) is 0 Å². The zero-order chi connectivity index (χ0) is 16.6. The van der Waals surface area contributed by atoms with Gasteiger partial charge in [0.25, 0.3) is 0 Å². The predicted octanol–water partition coefficient (Wildman–Crippen LogP) is 5.55. The Bertz CT molecular complexity index is 972. The van der Waals surface area contributed by atoms with Crippen LogP contribution < -0.4 is 0 Å². The van der Waals surface area contributed by atoms with Crippen molar-refractivity contribution in [1.82, 2.24) is 0 Å². The zero-order valence-corrected chi connectivity index (χ0v) is 12.4. The molecule has 0 fully saturated rings. The van der Waals surface area contributed by atoms with Gasteiger partial charge >= 0.3 is 5.97 Å². The first-order chi connectivity index (χ1) is 11.0. The molecule has 0 saturated heterocycles. The summed E-state index contributed by atoms with van der Waals surface area (Å²) in [4.78, 5) is 14.7. The van der Waals surface area contributed by atoms with Gasteiger partial charge in [-0.05, 0) is 40.6 Å². The highest BCUT2D eigenvalue weighted by molar-refractivity contribution is 6.34. The van der Waals surface area contributed by atoms with Crippen LogP contribution in [0.15, 0.2) is 48.5 Å². The molecule has 0 radical (unpaired) electrons. The molecule has 0 aliphatic heterocycles. The molecule has 0 aromatic heterocycles. The molecule has 0 saturated carbocycles. The SMILES string of the molecule is [C-]#[N+]c1ccc2ccc(C(=O)O)cc2c1-c1c(F)cccc1Cl. The van der Waals surface area contributed by atoms with Crippen LogP contribution in [-0.4, -0.2) is 11.1 Å². The summed E-state index contributed by atoms with van der Waals surface area (Å²) < 4.78 is 14.3. The number of nitrogens with zero attached hydrogens (tertiary/aromatic N) is 1. The van der Waals surface area contributed by atoms with Gasteiger partial charge in [0.05, 0.1) is 17.2 Å². The van der Waals surface area contributed by atoms with Gasteiger partial charge in [0.1, 0.15) is 5.82 Å². The van der Waals surface area contributed by atoms with Crippen molar-refractivity contribution < 1.29 is 14.3 Å². The van der Waals surface area contributed by atoms with Crippen LogP contribution in [0.3, 0.4) is 0 Å². The summed E-state index contributed by atoms with van der Waals surface area (Å²) in [6.07, 6.45) is 0. The van der Waals surface area contributed by atoms with Gasteiger partial charge in [0, 0.05) is 5.56 Å². The number of fused-ring (bicyclic) bond motifs is 1. The van der Waals surface area contributed by atoms with Gasteiger partial charge in [-0.2, -0.15) is 0 Å². The van der Waals surface area contributed by atoms with E-state index in [4.69, 9.17) is 18.2 Å². The smallest absolute Gasteiger partial charge is 0.335 e. The number of hydrogen-bond donors (Lipinski definition) is 1. The van der Waals surface area contributed by atoms with Crippen molar-refractivity contribution in [1.29, 1.82) is 0 Å². The lowest BCUT2D eigenvalue weighted by Crippen LogP contribution is -1.96. The average molecular weight is 326 g/mol. The number of rotatable bonds is 2. The second-order valence-electron chi connectivity index (χ2n) is 4.91. The highest BCUT2D eigenvalue weighted by Crippen LogP contribution is 2.42. The Kier molecular flexibility index (Phi) is 3.73. The summed E-state index contributed by atoms with van der Waals surface area (Å²) in [6.45, 7) is 7.33. The molecular weight excluding hydrogens is 317 g/mol. The van der Waals surface area contributed by atoms with Crippen molar-refractivity contribution in [3.63, 3.8) is 0 Å². The van der Waals surface area contributed by atoms with Crippen molar-refractivity contribution in [2.45, 2.75) is 0 Å². The van der Waals surface area contributed by atoms with Crippen LogP contribution in [0.25, 0.3) is 26.7 Å². The Morgan fingerprint density at radius 3 is 2.52 bits per heavy atom. The molecule has 0 bridgehead atoms. The molecule has 1 N–H and O–H groups in total. The molecular formula is C18H9ClFNO2. The standard InChI is InChI=1S/C18H9ClFNO2/c1-21-15-8-7-10-5-6-11(18(22)23)9-12(10)16(15)17-13(19)3-2-4-14(17)20/h2-9H,(H,22,23). The van der Waals surface area contributed by atoms with Gasteiger partial charge in [-0.15, -0.1) is 0 Å². The minimum absolute atomic E-state index is 0.0633. The third kappa shape index (κ3) is 2.52. The summed E-state index contributed by atoms with van der Waals surface area (Å²) >= 11 is 6.14. The summed E-state index contributed by atoms with van der Waals surface area (Å²) in [5.74, 6) is -1.65. The van der Waals surface area contributed by atoms with Crippen LogP contribution in [-0.2, 0) is 0 Å². The predicted molar refractivity (Wildman–Crippen MR) is 87.6 cm³/mol. The number of carboxylic acids is 1. The largest absolute Gasteiger partial charge is 0.478 e. The minimum atomic E-state index is -1.09. The quantitative estimate of drug-likeness (QED) is 0.628. The monoisotopic (exact) mass is 325 g/mol. The maximum absolute atomic E-state index is 14.3. The summed E-state index contributed by atoms with van der Waals surface area (Å²) in [5.41, 5.74) is 0.692. The maximum atomic E-state index is 14.3. The van der Waals surface area contributed by atoms with Gasteiger partial charge in [0.15, 0.2) is 5.69 Å². The highest BCUT2D eigenvalue weighted by atomic mass is 35.5. The average Bonchev–Trinajstić information content (AvgIpc) is 2.54. The summed E-state index contributed by atoms with van der Waals surface area (Å²) in [6, 6.07) is 12.1. The van der Waals surface area contributed by atoms with E-state index in [0.29, 0.717) is 16.3 Å². The molecule has 0 atom stereocenters. The molecule has 5 heteroatoms. The Hall–Kier alpha value is -2.90. The van der Waals surface area contributed by atoms with Crippen LogP contribution >= 0.6 is 11.6 Å². The number of carboxylic acid groups (broad SMARTS) is 1. The molecule has 0 heterocycles. The first-order valence-corrected chi connectivity index (χ1v) is 7.02. The number of benzene rings is 3. The first kappa shape index (κ1) is 15.0. The topological polar surface area (TPSA) is 41.7 Å². The zero-order valence-electron chi connectivity index (χ0n) is 11.7. The van der Waals surface area contributed by atoms with Crippen LogP contribution in [0.4, 0.5) is 10.1 Å². The third-order valence-electron chi connectivity index (χ3n) is 3.58. The molecule has 0 unspecified atom stereocenters. The van der Waals surface area contributed by atoms with E-state index in [-0.39, 0.29) is 21.8 Å². The van der Waals surface area contributed by atoms with E-state index in [2.05, 4.69) is 4.85 Å².